The topological polar surface area (TPSA) is 92.9 Å². The lowest BCUT2D eigenvalue weighted by Crippen LogP contribution is -2.38. The van der Waals surface area contributed by atoms with Crippen molar-refractivity contribution in [3.63, 3.8) is 0 Å². The maximum Gasteiger partial charge on any atom is 0.191 e. The van der Waals surface area contributed by atoms with Crippen LogP contribution in [0.2, 0.25) is 0 Å². The van der Waals surface area contributed by atoms with Crippen molar-refractivity contribution in [3.8, 4) is 0 Å². The van der Waals surface area contributed by atoms with E-state index in [0.29, 0.717) is 31.9 Å². The molecule has 0 amide bonds. The van der Waals surface area contributed by atoms with E-state index in [2.05, 4.69) is 15.6 Å². The van der Waals surface area contributed by atoms with Crippen LogP contribution in [0.25, 0.3) is 0 Å². The predicted octanol–water partition coefficient (Wildman–Crippen LogP) is 1.79. The number of hydrogen-bond acceptors (Lipinski definition) is 5. The molecule has 7 nitrogen and oxygen atoms in total. The van der Waals surface area contributed by atoms with Gasteiger partial charge in [0.25, 0.3) is 0 Å². The first-order chi connectivity index (χ1) is 11.6. The molecule has 1 aliphatic rings. The first-order valence-corrected chi connectivity index (χ1v) is 10.2. The molecule has 9 heteroatoms. The van der Waals surface area contributed by atoms with Gasteiger partial charge in [-0.2, -0.15) is 0 Å². The largest absolute Gasteiger partial charge is 0.467 e. The monoisotopic (exact) mass is 485 g/mol. The molecule has 1 atom stereocenters. The molecular formula is C16H28IN3O4S. The van der Waals surface area contributed by atoms with Crippen molar-refractivity contribution in [1.29, 1.82) is 0 Å². The number of hydrogen-bond donors (Lipinski definition) is 2. The van der Waals surface area contributed by atoms with Crippen molar-refractivity contribution in [3.05, 3.63) is 24.2 Å². The first kappa shape index (κ1) is 22.2. The van der Waals surface area contributed by atoms with Gasteiger partial charge in [-0.3, -0.25) is 4.99 Å². The van der Waals surface area contributed by atoms with Gasteiger partial charge in [-0.05, 0) is 37.8 Å². The standard InChI is InChI=1S/C16H27N3O4S.HI/c1-2-17-16(19-11-14-6-10-24(20,21)13-14)18-7-4-8-22-12-15-5-3-9-23-15;/h3,5,9,14H,2,4,6-8,10-13H2,1H3,(H2,17,18,19);1H. The number of guanidine groups is 1. The normalized spacial score (nSPS) is 19.4. The molecule has 25 heavy (non-hydrogen) atoms. The maximum absolute atomic E-state index is 11.5. The van der Waals surface area contributed by atoms with E-state index in [-0.39, 0.29) is 35.6 Å². The summed E-state index contributed by atoms with van der Waals surface area (Å²) < 4.78 is 33.7. The summed E-state index contributed by atoms with van der Waals surface area (Å²) in [4.78, 5) is 4.49. The van der Waals surface area contributed by atoms with Gasteiger partial charge in [0.15, 0.2) is 15.8 Å². The van der Waals surface area contributed by atoms with E-state index in [1.54, 1.807) is 6.26 Å². The van der Waals surface area contributed by atoms with E-state index in [4.69, 9.17) is 9.15 Å². The van der Waals surface area contributed by atoms with Gasteiger partial charge in [0.2, 0.25) is 0 Å². The number of furan rings is 1. The highest BCUT2D eigenvalue weighted by atomic mass is 127. The molecule has 0 radical (unpaired) electrons. The summed E-state index contributed by atoms with van der Waals surface area (Å²) in [6.45, 7) is 5.18. The maximum atomic E-state index is 11.5. The summed E-state index contributed by atoms with van der Waals surface area (Å²) >= 11 is 0. The lowest BCUT2D eigenvalue weighted by atomic mass is 10.1. The van der Waals surface area contributed by atoms with E-state index < -0.39 is 9.84 Å². The molecule has 0 aliphatic carbocycles. The number of halogens is 1. The Morgan fingerprint density at radius 1 is 1.44 bits per heavy atom. The Labute approximate surface area is 166 Å². The third kappa shape index (κ3) is 8.91. The van der Waals surface area contributed by atoms with Gasteiger partial charge in [-0.15, -0.1) is 24.0 Å². The average molecular weight is 485 g/mol. The van der Waals surface area contributed by atoms with Crippen molar-refractivity contribution >= 4 is 39.8 Å². The van der Waals surface area contributed by atoms with E-state index >= 15 is 0 Å². The predicted molar refractivity (Wildman–Crippen MR) is 109 cm³/mol. The van der Waals surface area contributed by atoms with Crippen molar-refractivity contribution in [2.75, 3.05) is 37.7 Å². The van der Waals surface area contributed by atoms with Crippen LogP contribution >= 0.6 is 24.0 Å². The van der Waals surface area contributed by atoms with Crippen LogP contribution in [0.15, 0.2) is 27.8 Å². The van der Waals surface area contributed by atoms with E-state index in [0.717, 1.165) is 31.2 Å². The SMILES string of the molecule is CCNC(=NCC1CCS(=O)(=O)C1)NCCCOCc1ccco1.I. The summed E-state index contributed by atoms with van der Waals surface area (Å²) in [5.74, 6) is 2.25. The summed E-state index contributed by atoms with van der Waals surface area (Å²) in [5, 5.41) is 6.42. The molecule has 1 fully saturated rings. The minimum Gasteiger partial charge on any atom is -0.467 e. The molecule has 0 saturated carbocycles. The highest BCUT2D eigenvalue weighted by Crippen LogP contribution is 2.18. The molecule has 2 heterocycles. The first-order valence-electron chi connectivity index (χ1n) is 8.42. The fraction of sp³-hybridized carbons (Fsp3) is 0.688. The molecule has 144 valence electrons. The number of nitrogens with zero attached hydrogens (tertiary/aromatic N) is 1. The molecule has 0 bridgehead atoms. The molecule has 0 spiro atoms. The van der Waals surface area contributed by atoms with Crippen LogP contribution < -0.4 is 10.6 Å². The molecule has 1 aromatic rings. The third-order valence-corrected chi connectivity index (χ3v) is 5.60. The molecule has 2 N–H and O–H groups in total. The molecule has 1 aliphatic heterocycles. The van der Waals surface area contributed by atoms with Crippen LogP contribution in [-0.2, 0) is 21.2 Å². The van der Waals surface area contributed by atoms with E-state index in [9.17, 15) is 8.42 Å². The molecule has 1 saturated heterocycles. The Kier molecular flexibility index (Phi) is 10.4. The zero-order valence-corrected chi connectivity index (χ0v) is 17.7. The van der Waals surface area contributed by atoms with Crippen molar-refractivity contribution < 1.29 is 17.6 Å². The van der Waals surface area contributed by atoms with Gasteiger partial charge in [0.05, 0.1) is 17.8 Å². The van der Waals surface area contributed by atoms with Crippen LogP contribution in [-0.4, -0.2) is 52.1 Å². The van der Waals surface area contributed by atoms with Crippen LogP contribution in [0, 0.1) is 5.92 Å². The van der Waals surface area contributed by atoms with Gasteiger partial charge < -0.3 is 19.8 Å². The summed E-state index contributed by atoms with van der Waals surface area (Å²) in [6, 6.07) is 3.73. The number of sulfone groups is 1. The Balaban J connectivity index is 0.00000312. The Bertz CT molecular complexity index is 605. The van der Waals surface area contributed by atoms with Gasteiger partial charge in [-0.25, -0.2) is 8.42 Å². The minimum atomic E-state index is -2.84. The average Bonchev–Trinajstić information content (AvgIpc) is 3.17. The fourth-order valence-electron chi connectivity index (χ4n) is 2.53. The quantitative estimate of drug-likeness (QED) is 0.240. The highest BCUT2D eigenvalue weighted by Gasteiger charge is 2.27. The second kappa shape index (κ2) is 11.7. The van der Waals surface area contributed by atoms with Gasteiger partial charge >= 0.3 is 0 Å². The smallest absolute Gasteiger partial charge is 0.191 e. The van der Waals surface area contributed by atoms with Crippen molar-refractivity contribution in [2.24, 2.45) is 10.9 Å². The lowest BCUT2D eigenvalue weighted by Gasteiger charge is -2.12. The lowest BCUT2D eigenvalue weighted by molar-refractivity contribution is 0.105. The second-order valence-corrected chi connectivity index (χ2v) is 8.13. The fourth-order valence-corrected chi connectivity index (χ4v) is 4.38. The second-order valence-electron chi connectivity index (χ2n) is 5.90. The summed E-state index contributed by atoms with van der Waals surface area (Å²) in [5.41, 5.74) is 0. The zero-order chi connectivity index (χ0) is 17.3. The molecular weight excluding hydrogens is 457 g/mol. The number of nitrogens with one attached hydrogen (secondary N) is 2. The van der Waals surface area contributed by atoms with Crippen molar-refractivity contribution in [1.82, 2.24) is 10.6 Å². The Morgan fingerprint density at radius 2 is 2.28 bits per heavy atom. The highest BCUT2D eigenvalue weighted by molar-refractivity contribution is 14.0. The van der Waals surface area contributed by atoms with Gasteiger partial charge in [0.1, 0.15) is 12.4 Å². The number of ether oxygens (including phenoxy) is 1. The molecule has 2 rings (SSSR count). The molecule has 1 unspecified atom stereocenters. The van der Waals surface area contributed by atoms with E-state index in [1.165, 1.54) is 0 Å². The van der Waals surface area contributed by atoms with Crippen LogP contribution in [0.4, 0.5) is 0 Å². The van der Waals surface area contributed by atoms with E-state index in [1.807, 2.05) is 19.1 Å². The van der Waals surface area contributed by atoms with Crippen molar-refractivity contribution in [2.45, 2.75) is 26.4 Å². The number of rotatable bonds is 9. The Morgan fingerprint density at radius 3 is 2.92 bits per heavy atom. The van der Waals surface area contributed by atoms with Gasteiger partial charge in [0, 0.05) is 26.2 Å². The Hall–Kier alpha value is -0.810. The summed E-state index contributed by atoms with van der Waals surface area (Å²) in [7, 11) is -2.84. The van der Waals surface area contributed by atoms with Crippen LogP contribution in [0.3, 0.4) is 0 Å². The molecule has 0 aromatic carbocycles. The van der Waals surface area contributed by atoms with Gasteiger partial charge in [-0.1, -0.05) is 0 Å². The van der Waals surface area contributed by atoms with Crippen LogP contribution in [0.1, 0.15) is 25.5 Å². The third-order valence-electron chi connectivity index (χ3n) is 3.76. The van der Waals surface area contributed by atoms with Crippen LogP contribution in [0.5, 0.6) is 0 Å². The molecule has 1 aromatic heterocycles. The summed E-state index contributed by atoms with van der Waals surface area (Å²) in [6.07, 6.45) is 3.20. The minimum absolute atomic E-state index is 0. The number of aliphatic imine (C=N–C) groups is 1. The zero-order valence-electron chi connectivity index (χ0n) is 14.6.